The van der Waals surface area contributed by atoms with Crippen LogP contribution in [0.3, 0.4) is 0 Å². The fourth-order valence-corrected chi connectivity index (χ4v) is 6.21. The lowest BCUT2D eigenvalue weighted by atomic mass is 9.96. The number of benzene rings is 2. The van der Waals surface area contributed by atoms with Crippen LogP contribution >= 0.6 is 11.8 Å². The number of aliphatic hydroxyl groups excluding tert-OH is 6. The zero-order valence-electron chi connectivity index (χ0n) is 23.3. The topological polar surface area (TPSA) is 216 Å². The molecule has 2 heterocycles. The molecule has 15 heteroatoms. The summed E-state index contributed by atoms with van der Waals surface area (Å²) in [6, 6.07) is 9.80. The van der Waals surface area contributed by atoms with Crippen molar-refractivity contribution in [3.05, 3.63) is 59.7 Å². The Hall–Kier alpha value is -2.99. The van der Waals surface area contributed by atoms with Crippen LogP contribution in [0.4, 0.5) is 0 Å². The molecule has 4 rings (SSSR count). The molecule has 2 aliphatic heterocycles. The highest BCUT2D eigenvalue weighted by Gasteiger charge is 2.50. The molecule has 8 N–H and O–H groups in total. The van der Waals surface area contributed by atoms with Crippen molar-refractivity contribution in [3.63, 3.8) is 0 Å². The Morgan fingerprint density at radius 2 is 1.12 bits per heavy atom. The first kappa shape index (κ1) is 32.9. The molecule has 236 valence electrons. The van der Waals surface area contributed by atoms with E-state index in [9.17, 15) is 40.2 Å². The van der Waals surface area contributed by atoms with E-state index in [1.54, 1.807) is 24.3 Å². The molecular formula is C28H36N2O12S. The largest absolute Gasteiger partial charge is 0.497 e. The molecule has 4 unspecified atom stereocenters. The number of ether oxygens (including phenoxy) is 4. The summed E-state index contributed by atoms with van der Waals surface area (Å²) in [5.74, 6) is -0.442. The van der Waals surface area contributed by atoms with Crippen molar-refractivity contribution in [2.24, 2.45) is 0 Å². The number of thioether (sulfide) groups is 1. The number of hydrogen-bond donors (Lipinski definition) is 8. The molecule has 0 radical (unpaired) electrons. The molecule has 2 aromatic rings. The third kappa shape index (κ3) is 7.39. The van der Waals surface area contributed by atoms with E-state index in [0.29, 0.717) is 11.5 Å². The highest BCUT2D eigenvalue weighted by Crippen LogP contribution is 2.37. The van der Waals surface area contributed by atoms with Gasteiger partial charge in [-0.2, -0.15) is 0 Å². The molecular weight excluding hydrogens is 588 g/mol. The number of methoxy groups -OCH3 is 2. The number of carbonyl (C=O) groups excluding carboxylic acids is 2. The summed E-state index contributed by atoms with van der Waals surface area (Å²) in [5.41, 5.74) is -2.17. The van der Waals surface area contributed by atoms with E-state index in [1.807, 2.05) is 0 Å². The molecule has 0 saturated carbocycles. The van der Waals surface area contributed by atoms with Crippen LogP contribution < -0.4 is 20.1 Å². The predicted octanol–water partition coefficient (Wildman–Crippen LogP) is -1.79. The molecule has 2 saturated heterocycles. The minimum atomic E-state index is -1.57. The second kappa shape index (κ2) is 14.7. The van der Waals surface area contributed by atoms with E-state index in [0.717, 1.165) is 11.8 Å². The minimum Gasteiger partial charge on any atom is -0.497 e. The highest BCUT2D eigenvalue weighted by molar-refractivity contribution is 8.00. The summed E-state index contributed by atoms with van der Waals surface area (Å²) < 4.78 is 21.7. The third-order valence-electron chi connectivity index (χ3n) is 7.30. The van der Waals surface area contributed by atoms with E-state index in [4.69, 9.17) is 18.9 Å². The molecule has 10 atom stereocenters. The molecule has 14 nitrogen and oxygen atoms in total. The number of aliphatic hydroxyl groups is 6. The van der Waals surface area contributed by atoms with Crippen molar-refractivity contribution in [3.8, 4) is 11.5 Å². The maximum absolute atomic E-state index is 13.0. The molecule has 2 aliphatic rings. The fourth-order valence-electron chi connectivity index (χ4n) is 4.87. The lowest BCUT2D eigenvalue weighted by molar-refractivity contribution is -0.175. The molecule has 2 aromatic carbocycles. The number of hydrogen-bond acceptors (Lipinski definition) is 13. The maximum atomic E-state index is 13.0. The molecule has 0 spiro atoms. The first-order chi connectivity index (χ1) is 20.6. The predicted molar refractivity (Wildman–Crippen MR) is 152 cm³/mol. The van der Waals surface area contributed by atoms with Crippen LogP contribution in [-0.2, 0) is 9.47 Å². The molecule has 2 amide bonds. The van der Waals surface area contributed by atoms with Crippen LogP contribution in [0.1, 0.15) is 20.7 Å². The highest BCUT2D eigenvalue weighted by atomic mass is 32.2. The molecule has 0 bridgehead atoms. The molecule has 0 aliphatic carbocycles. The second-order valence-electron chi connectivity index (χ2n) is 10.0. The van der Waals surface area contributed by atoms with Crippen LogP contribution in [0.25, 0.3) is 0 Å². The summed E-state index contributed by atoms with van der Waals surface area (Å²) in [6.45, 7) is -1.33. The standard InChI is InChI=1S/C28H36N2O12S/c1-39-15-7-3-5-13(9-15)25(37)29-19-21(33)17(11-31)41-27(23(19)35)43-28-24(36)20(22(34)18(12-32)42-28)30-26(38)14-6-4-8-16(10-14)40-2/h3-10,17-24,27-28,31-36H,11-12H2,1-2H3,(H,29,37)(H,30,38)/t17-,18+,19-,20?,21-,22-,23+,24?,27?,28?/m0/s1. The van der Waals surface area contributed by atoms with Gasteiger partial charge in [-0.05, 0) is 36.4 Å². The van der Waals surface area contributed by atoms with Crippen LogP contribution in [0.2, 0.25) is 0 Å². The number of nitrogens with one attached hydrogen (secondary N) is 2. The Kier molecular flexibility index (Phi) is 11.2. The van der Waals surface area contributed by atoms with Gasteiger partial charge >= 0.3 is 0 Å². The van der Waals surface area contributed by atoms with Crippen molar-refractivity contribution in [2.45, 2.75) is 59.6 Å². The third-order valence-corrected chi connectivity index (χ3v) is 8.61. The maximum Gasteiger partial charge on any atom is 0.251 e. The van der Waals surface area contributed by atoms with Gasteiger partial charge in [-0.25, -0.2) is 0 Å². The van der Waals surface area contributed by atoms with Gasteiger partial charge in [0.1, 0.15) is 59.0 Å². The fraction of sp³-hybridized carbons (Fsp3) is 0.500. The minimum absolute atomic E-state index is 0.190. The van der Waals surface area contributed by atoms with Crippen LogP contribution in [0.5, 0.6) is 11.5 Å². The summed E-state index contributed by atoms with van der Waals surface area (Å²) in [4.78, 5) is 25.9. The van der Waals surface area contributed by atoms with Gasteiger partial charge in [0.05, 0.1) is 39.5 Å². The Morgan fingerprint density at radius 1 is 0.721 bits per heavy atom. The summed E-state index contributed by atoms with van der Waals surface area (Å²) >= 11 is 0.734. The van der Waals surface area contributed by atoms with Gasteiger partial charge in [0.15, 0.2) is 0 Å². The number of amides is 2. The average molecular weight is 625 g/mol. The van der Waals surface area contributed by atoms with Crippen molar-refractivity contribution in [2.75, 3.05) is 27.4 Å². The van der Waals surface area contributed by atoms with Crippen molar-refractivity contribution < 1.29 is 59.2 Å². The lowest BCUT2D eigenvalue weighted by Gasteiger charge is -2.46. The second-order valence-corrected chi connectivity index (χ2v) is 11.2. The van der Waals surface area contributed by atoms with E-state index < -0.39 is 84.6 Å². The first-order valence-corrected chi connectivity index (χ1v) is 14.4. The van der Waals surface area contributed by atoms with Crippen LogP contribution in [-0.4, -0.2) is 129 Å². The zero-order valence-corrected chi connectivity index (χ0v) is 24.2. The lowest BCUT2D eigenvalue weighted by Crippen LogP contribution is -2.66. The zero-order chi connectivity index (χ0) is 31.3. The van der Waals surface area contributed by atoms with Gasteiger partial charge in [-0.15, -0.1) is 0 Å². The van der Waals surface area contributed by atoms with Gasteiger partial charge in [-0.3, -0.25) is 9.59 Å². The molecule has 43 heavy (non-hydrogen) atoms. The normalized spacial score (nSPS) is 32.5. The summed E-state index contributed by atoms with van der Waals surface area (Å²) in [7, 11) is 2.88. The quantitative estimate of drug-likeness (QED) is 0.147. The van der Waals surface area contributed by atoms with Crippen molar-refractivity contribution >= 4 is 23.6 Å². The van der Waals surface area contributed by atoms with Gasteiger partial charge in [0.2, 0.25) is 0 Å². The first-order valence-electron chi connectivity index (χ1n) is 13.4. The van der Waals surface area contributed by atoms with Crippen LogP contribution in [0.15, 0.2) is 48.5 Å². The van der Waals surface area contributed by atoms with Gasteiger partial charge < -0.3 is 60.2 Å². The molecule has 2 fully saturated rings. The van der Waals surface area contributed by atoms with Gasteiger partial charge in [0.25, 0.3) is 11.8 Å². The van der Waals surface area contributed by atoms with E-state index >= 15 is 0 Å². The van der Waals surface area contributed by atoms with Crippen molar-refractivity contribution in [1.29, 1.82) is 0 Å². The number of carbonyl (C=O) groups is 2. The van der Waals surface area contributed by atoms with Crippen molar-refractivity contribution in [1.82, 2.24) is 10.6 Å². The summed E-state index contributed by atoms with van der Waals surface area (Å²) in [5, 5.41) is 68.7. The average Bonchev–Trinajstić information content (AvgIpc) is 3.03. The smallest absolute Gasteiger partial charge is 0.251 e. The monoisotopic (exact) mass is 624 g/mol. The Morgan fingerprint density at radius 3 is 1.47 bits per heavy atom. The number of rotatable bonds is 10. The molecule has 0 aromatic heterocycles. The van der Waals surface area contributed by atoms with Gasteiger partial charge in [0, 0.05) is 11.1 Å². The van der Waals surface area contributed by atoms with E-state index in [1.165, 1.54) is 38.5 Å². The Balaban J connectivity index is 1.51. The SMILES string of the molecule is COc1cccc(C(=O)NC2C(O)C(SC3O[C@@H](CO)[C@H](O)[C@H](NC(=O)c4cccc(OC)c4)[C@H]3O)O[C@H](CO)[C@@H]2O)c1. The van der Waals surface area contributed by atoms with Crippen LogP contribution in [0, 0.1) is 0 Å². The Bertz CT molecular complexity index is 1160. The van der Waals surface area contributed by atoms with E-state index in [2.05, 4.69) is 10.6 Å². The van der Waals surface area contributed by atoms with Gasteiger partial charge in [-0.1, -0.05) is 23.9 Å². The summed E-state index contributed by atoms with van der Waals surface area (Å²) in [6.07, 6.45) is -8.63. The van der Waals surface area contributed by atoms with E-state index in [-0.39, 0.29) is 11.1 Å². The Labute approximate surface area is 251 Å².